The third kappa shape index (κ3) is 4.26. The van der Waals surface area contributed by atoms with Crippen molar-refractivity contribution in [3.05, 3.63) is 23.2 Å². The molecule has 1 aromatic carbocycles. The highest BCUT2D eigenvalue weighted by atomic mass is 35.5. The molecule has 0 saturated carbocycles. The number of primary sulfonamides is 1. The van der Waals surface area contributed by atoms with Gasteiger partial charge in [0.2, 0.25) is 10.0 Å². The monoisotopic (exact) mass is 264 g/mol. The number of halogens is 1. The van der Waals surface area contributed by atoms with Crippen LogP contribution in [0.25, 0.3) is 0 Å². The number of nitrogens with two attached hydrogens (primary N) is 1. The number of sulfonamides is 1. The average molecular weight is 265 g/mol. The Morgan fingerprint density at radius 2 is 2.19 bits per heavy atom. The van der Waals surface area contributed by atoms with Crippen LogP contribution in [0.1, 0.15) is 0 Å². The second kappa shape index (κ2) is 5.38. The van der Waals surface area contributed by atoms with Gasteiger partial charge in [0, 0.05) is 18.3 Å². The van der Waals surface area contributed by atoms with E-state index in [-0.39, 0.29) is 12.3 Å². The van der Waals surface area contributed by atoms with Crippen molar-refractivity contribution in [1.82, 2.24) is 0 Å². The fourth-order valence-corrected chi connectivity index (χ4v) is 1.69. The summed E-state index contributed by atoms with van der Waals surface area (Å²) in [4.78, 5) is 0. The quantitative estimate of drug-likeness (QED) is 0.833. The lowest BCUT2D eigenvalue weighted by atomic mass is 10.3. The molecule has 90 valence electrons. The van der Waals surface area contributed by atoms with Gasteiger partial charge in [0.25, 0.3) is 0 Å². The SMILES string of the molecule is COc1cc(NCCS(N)(=O)=O)ccc1Cl. The first-order valence-electron chi connectivity index (χ1n) is 4.50. The Bertz CT molecular complexity index is 462. The molecule has 0 aromatic heterocycles. The van der Waals surface area contributed by atoms with Crippen molar-refractivity contribution >= 4 is 27.3 Å². The van der Waals surface area contributed by atoms with Crippen molar-refractivity contribution in [2.45, 2.75) is 0 Å². The van der Waals surface area contributed by atoms with Crippen LogP contribution in [-0.4, -0.2) is 27.8 Å². The molecule has 5 nitrogen and oxygen atoms in total. The van der Waals surface area contributed by atoms with Crippen LogP contribution in [0, 0.1) is 0 Å². The van der Waals surface area contributed by atoms with Crippen molar-refractivity contribution in [3.8, 4) is 5.75 Å². The highest BCUT2D eigenvalue weighted by Gasteiger charge is 2.04. The van der Waals surface area contributed by atoms with E-state index in [4.69, 9.17) is 21.5 Å². The van der Waals surface area contributed by atoms with E-state index in [1.165, 1.54) is 7.11 Å². The number of nitrogens with one attached hydrogen (secondary N) is 1. The van der Waals surface area contributed by atoms with Gasteiger partial charge >= 0.3 is 0 Å². The molecular formula is C9H13ClN2O3S. The summed E-state index contributed by atoms with van der Waals surface area (Å²) in [6.07, 6.45) is 0. The molecule has 0 amide bonds. The summed E-state index contributed by atoms with van der Waals surface area (Å²) in [5.74, 6) is 0.403. The van der Waals surface area contributed by atoms with E-state index in [0.717, 1.165) is 5.69 Å². The first kappa shape index (κ1) is 13.1. The molecule has 1 rings (SSSR count). The Balaban J connectivity index is 2.61. The van der Waals surface area contributed by atoms with Gasteiger partial charge in [-0.15, -0.1) is 0 Å². The number of hydrogen-bond donors (Lipinski definition) is 2. The lowest BCUT2D eigenvalue weighted by Gasteiger charge is -2.08. The van der Waals surface area contributed by atoms with Gasteiger partial charge in [-0.1, -0.05) is 11.6 Å². The van der Waals surface area contributed by atoms with Gasteiger partial charge in [0.1, 0.15) is 5.75 Å². The second-order valence-corrected chi connectivity index (χ2v) is 5.28. The zero-order chi connectivity index (χ0) is 12.2. The van der Waals surface area contributed by atoms with Crippen molar-refractivity contribution in [1.29, 1.82) is 0 Å². The van der Waals surface area contributed by atoms with Crippen LogP contribution in [0.4, 0.5) is 5.69 Å². The molecule has 0 saturated heterocycles. The molecule has 0 aliphatic heterocycles. The summed E-state index contributed by atoms with van der Waals surface area (Å²) in [7, 11) is -1.93. The van der Waals surface area contributed by atoms with Gasteiger partial charge < -0.3 is 10.1 Å². The summed E-state index contributed by atoms with van der Waals surface area (Å²) in [6.45, 7) is 0.240. The molecule has 0 radical (unpaired) electrons. The topological polar surface area (TPSA) is 81.4 Å². The Kier molecular flexibility index (Phi) is 4.40. The van der Waals surface area contributed by atoms with Gasteiger partial charge in [-0.3, -0.25) is 0 Å². The summed E-state index contributed by atoms with van der Waals surface area (Å²) < 4.78 is 26.4. The fourth-order valence-electron chi connectivity index (χ4n) is 1.11. The zero-order valence-electron chi connectivity index (χ0n) is 8.73. The Labute approximate surface area is 99.6 Å². The number of methoxy groups -OCH3 is 1. The summed E-state index contributed by atoms with van der Waals surface area (Å²) in [5, 5.41) is 8.27. The minimum Gasteiger partial charge on any atom is -0.495 e. The maximum atomic E-state index is 10.7. The number of hydrogen-bond acceptors (Lipinski definition) is 4. The predicted octanol–water partition coefficient (Wildman–Crippen LogP) is 1.05. The Hall–Kier alpha value is -0.980. The number of rotatable bonds is 5. The number of anilines is 1. The molecule has 0 fully saturated rings. The summed E-state index contributed by atoms with van der Waals surface area (Å²) in [6, 6.07) is 5.08. The van der Waals surface area contributed by atoms with Crippen molar-refractivity contribution in [2.75, 3.05) is 24.7 Å². The van der Waals surface area contributed by atoms with Crippen molar-refractivity contribution in [3.63, 3.8) is 0 Å². The largest absolute Gasteiger partial charge is 0.495 e. The van der Waals surface area contributed by atoms with Gasteiger partial charge in [-0.25, -0.2) is 13.6 Å². The lowest BCUT2D eigenvalue weighted by molar-refractivity contribution is 0.415. The minimum absolute atomic E-state index is 0.127. The molecule has 0 aliphatic carbocycles. The normalized spacial score (nSPS) is 11.2. The van der Waals surface area contributed by atoms with E-state index in [9.17, 15) is 8.42 Å². The molecule has 0 atom stereocenters. The van der Waals surface area contributed by atoms with Crippen molar-refractivity contribution in [2.24, 2.45) is 5.14 Å². The third-order valence-electron chi connectivity index (χ3n) is 1.87. The maximum Gasteiger partial charge on any atom is 0.210 e. The summed E-state index contributed by atoms with van der Waals surface area (Å²) in [5.41, 5.74) is 0.727. The van der Waals surface area contributed by atoms with Gasteiger partial charge in [0.05, 0.1) is 17.9 Å². The fraction of sp³-hybridized carbons (Fsp3) is 0.333. The molecule has 1 aromatic rings. The highest BCUT2D eigenvalue weighted by Crippen LogP contribution is 2.27. The van der Waals surface area contributed by atoms with Crippen LogP contribution in [0.3, 0.4) is 0 Å². The van der Waals surface area contributed by atoms with Crippen LogP contribution in [-0.2, 0) is 10.0 Å². The first-order chi connectivity index (χ1) is 7.42. The molecule has 3 N–H and O–H groups in total. The van der Waals surface area contributed by atoms with E-state index < -0.39 is 10.0 Å². The molecule has 7 heteroatoms. The summed E-state index contributed by atoms with van der Waals surface area (Å²) >= 11 is 5.83. The van der Waals surface area contributed by atoms with Crippen LogP contribution >= 0.6 is 11.6 Å². The molecule has 0 bridgehead atoms. The lowest BCUT2D eigenvalue weighted by Crippen LogP contribution is -2.22. The van der Waals surface area contributed by atoms with Gasteiger partial charge in [0.15, 0.2) is 0 Å². The van der Waals surface area contributed by atoms with E-state index in [0.29, 0.717) is 10.8 Å². The Morgan fingerprint density at radius 3 is 2.75 bits per heavy atom. The van der Waals surface area contributed by atoms with E-state index in [2.05, 4.69) is 5.32 Å². The highest BCUT2D eigenvalue weighted by molar-refractivity contribution is 7.89. The molecule has 0 unspecified atom stereocenters. The van der Waals surface area contributed by atoms with Crippen LogP contribution < -0.4 is 15.2 Å². The molecule has 0 heterocycles. The predicted molar refractivity (Wildman–Crippen MR) is 64.5 cm³/mol. The van der Waals surface area contributed by atoms with Crippen LogP contribution in [0.2, 0.25) is 5.02 Å². The van der Waals surface area contributed by atoms with E-state index >= 15 is 0 Å². The number of ether oxygens (including phenoxy) is 1. The van der Waals surface area contributed by atoms with Crippen LogP contribution in [0.5, 0.6) is 5.75 Å². The standard InChI is InChI=1S/C9H13ClN2O3S/c1-15-9-6-7(2-3-8(9)10)12-4-5-16(11,13)14/h2-3,6,12H,4-5H2,1H3,(H2,11,13,14). The second-order valence-electron chi connectivity index (χ2n) is 3.14. The molecule has 0 spiro atoms. The smallest absolute Gasteiger partial charge is 0.210 e. The number of benzene rings is 1. The zero-order valence-corrected chi connectivity index (χ0v) is 10.3. The third-order valence-corrected chi connectivity index (χ3v) is 2.95. The maximum absolute atomic E-state index is 10.7. The van der Waals surface area contributed by atoms with Gasteiger partial charge in [-0.2, -0.15) is 0 Å². The average Bonchev–Trinajstić information content (AvgIpc) is 2.18. The molecular weight excluding hydrogens is 252 g/mol. The molecule has 16 heavy (non-hydrogen) atoms. The van der Waals surface area contributed by atoms with E-state index in [1.807, 2.05) is 0 Å². The van der Waals surface area contributed by atoms with Crippen molar-refractivity contribution < 1.29 is 13.2 Å². The Morgan fingerprint density at radius 1 is 1.50 bits per heavy atom. The van der Waals surface area contributed by atoms with Crippen LogP contribution in [0.15, 0.2) is 18.2 Å². The minimum atomic E-state index is -3.44. The van der Waals surface area contributed by atoms with E-state index in [1.54, 1.807) is 18.2 Å². The van der Waals surface area contributed by atoms with Gasteiger partial charge in [-0.05, 0) is 12.1 Å². The molecule has 0 aliphatic rings. The first-order valence-corrected chi connectivity index (χ1v) is 6.59.